The van der Waals surface area contributed by atoms with Gasteiger partial charge in [-0.05, 0) is 23.8 Å². The zero-order valence-corrected chi connectivity index (χ0v) is 10.3. The van der Waals surface area contributed by atoms with Crippen molar-refractivity contribution in [2.24, 2.45) is 0 Å². The molecule has 16 heavy (non-hydrogen) atoms. The van der Waals surface area contributed by atoms with Gasteiger partial charge in [0.1, 0.15) is 6.54 Å². The van der Waals surface area contributed by atoms with Crippen LogP contribution in [0.4, 0.5) is 0 Å². The van der Waals surface area contributed by atoms with Gasteiger partial charge in [0.2, 0.25) is 0 Å². The summed E-state index contributed by atoms with van der Waals surface area (Å²) in [6, 6.07) is 5.80. The summed E-state index contributed by atoms with van der Waals surface area (Å²) in [4.78, 5) is 3.20. The molecular weight excluding hydrogens is 224 g/mol. The number of hydrogen-bond donors (Lipinski definition) is 2. The Balaban J connectivity index is 2.28. The van der Waals surface area contributed by atoms with Crippen molar-refractivity contribution in [3.8, 4) is 0 Å². The fourth-order valence-corrected chi connectivity index (χ4v) is 1.92. The SMILES string of the molecule is C[N+](C)(O)CCc1c[nH]c2ccc(Cl)cc12. The molecule has 4 heteroatoms. The Morgan fingerprint density at radius 3 is 2.81 bits per heavy atom. The molecule has 1 aromatic heterocycles. The number of quaternary nitrogens is 1. The molecule has 0 aliphatic heterocycles. The highest BCUT2D eigenvalue weighted by Crippen LogP contribution is 2.22. The van der Waals surface area contributed by atoms with E-state index in [1.54, 1.807) is 14.1 Å². The molecule has 86 valence electrons. The lowest BCUT2D eigenvalue weighted by molar-refractivity contribution is -1.07. The Kier molecular flexibility index (Phi) is 2.93. The fourth-order valence-electron chi connectivity index (χ4n) is 1.75. The van der Waals surface area contributed by atoms with Crippen LogP contribution in [-0.2, 0) is 6.42 Å². The van der Waals surface area contributed by atoms with Crippen LogP contribution in [0.5, 0.6) is 0 Å². The van der Waals surface area contributed by atoms with E-state index in [2.05, 4.69) is 4.98 Å². The Bertz CT molecular complexity index is 499. The monoisotopic (exact) mass is 239 g/mol. The highest BCUT2D eigenvalue weighted by molar-refractivity contribution is 6.31. The number of likely N-dealkylation sites (N-methyl/N-ethyl adjacent to an activating group) is 1. The second-order valence-corrected chi connectivity index (χ2v) is 5.03. The van der Waals surface area contributed by atoms with Crippen LogP contribution in [-0.4, -0.2) is 35.5 Å². The molecule has 3 nitrogen and oxygen atoms in total. The average molecular weight is 240 g/mol. The van der Waals surface area contributed by atoms with E-state index in [4.69, 9.17) is 11.6 Å². The van der Waals surface area contributed by atoms with Gasteiger partial charge in [0.15, 0.2) is 0 Å². The molecule has 1 heterocycles. The molecule has 2 rings (SSSR count). The van der Waals surface area contributed by atoms with Gasteiger partial charge < -0.3 is 4.98 Å². The number of aromatic amines is 1. The molecule has 0 amide bonds. The summed E-state index contributed by atoms with van der Waals surface area (Å²) in [6.45, 7) is 0.680. The third-order valence-corrected chi connectivity index (χ3v) is 2.89. The van der Waals surface area contributed by atoms with Crippen LogP contribution in [0.3, 0.4) is 0 Å². The van der Waals surface area contributed by atoms with Crippen LogP contribution in [0, 0.1) is 0 Å². The van der Waals surface area contributed by atoms with Crippen LogP contribution in [0.1, 0.15) is 5.56 Å². The van der Waals surface area contributed by atoms with Gasteiger partial charge in [0, 0.05) is 28.5 Å². The van der Waals surface area contributed by atoms with Crippen molar-refractivity contribution in [3.05, 3.63) is 35.0 Å². The van der Waals surface area contributed by atoms with Gasteiger partial charge in [-0.25, -0.2) is 5.21 Å². The summed E-state index contributed by atoms with van der Waals surface area (Å²) >= 11 is 5.97. The maximum Gasteiger partial charge on any atom is 0.112 e. The van der Waals surface area contributed by atoms with E-state index >= 15 is 0 Å². The predicted molar refractivity (Wildman–Crippen MR) is 65.8 cm³/mol. The van der Waals surface area contributed by atoms with Crippen molar-refractivity contribution in [3.63, 3.8) is 0 Å². The van der Waals surface area contributed by atoms with Crippen LogP contribution in [0.2, 0.25) is 5.02 Å². The smallest absolute Gasteiger partial charge is 0.112 e. The summed E-state index contributed by atoms with van der Waals surface area (Å²) in [5.41, 5.74) is 2.28. The molecule has 2 aromatic rings. The molecule has 0 bridgehead atoms. The first kappa shape index (κ1) is 11.5. The van der Waals surface area contributed by atoms with Crippen molar-refractivity contribution in [1.29, 1.82) is 0 Å². The number of H-pyrrole nitrogens is 1. The quantitative estimate of drug-likeness (QED) is 0.627. The zero-order valence-electron chi connectivity index (χ0n) is 9.50. The summed E-state index contributed by atoms with van der Waals surface area (Å²) in [7, 11) is 3.53. The van der Waals surface area contributed by atoms with Crippen molar-refractivity contribution in [2.45, 2.75) is 6.42 Å². The molecule has 0 spiro atoms. The van der Waals surface area contributed by atoms with Crippen LogP contribution in [0.15, 0.2) is 24.4 Å². The molecule has 0 atom stereocenters. The molecule has 0 fully saturated rings. The number of nitrogens with one attached hydrogen (secondary N) is 1. The maximum absolute atomic E-state index is 9.64. The van der Waals surface area contributed by atoms with Gasteiger partial charge in [-0.2, -0.15) is 4.65 Å². The van der Waals surface area contributed by atoms with E-state index < -0.39 is 0 Å². The number of rotatable bonds is 3. The first-order valence-corrected chi connectivity index (χ1v) is 5.65. The van der Waals surface area contributed by atoms with E-state index in [1.807, 2.05) is 24.4 Å². The third kappa shape index (κ3) is 2.55. The van der Waals surface area contributed by atoms with Crippen molar-refractivity contribution < 1.29 is 9.85 Å². The predicted octanol–water partition coefficient (Wildman–Crippen LogP) is 2.83. The number of benzene rings is 1. The van der Waals surface area contributed by atoms with E-state index in [-0.39, 0.29) is 4.65 Å². The van der Waals surface area contributed by atoms with Gasteiger partial charge >= 0.3 is 0 Å². The molecule has 0 unspecified atom stereocenters. The molecule has 0 aliphatic carbocycles. The normalized spacial score (nSPS) is 12.2. The summed E-state index contributed by atoms with van der Waals surface area (Å²) in [5.74, 6) is 0. The molecule has 0 aliphatic rings. The highest BCUT2D eigenvalue weighted by Gasteiger charge is 2.12. The van der Waals surface area contributed by atoms with Gasteiger partial charge in [0.25, 0.3) is 0 Å². The number of halogens is 1. The fraction of sp³-hybridized carbons (Fsp3) is 0.333. The maximum atomic E-state index is 9.64. The summed E-state index contributed by atoms with van der Waals surface area (Å²) < 4.78 is -0.0206. The topological polar surface area (TPSA) is 36.0 Å². The van der Waals surface area contributed by atoms with E-state index in [0.717, 1.165) is 22.3 Å². The second-order valence-electron chi connectivity index (χ2n) is 4.60. The van der Waals surface area contributed by atoms with Gasteiger partial charge in [-0.3, -0.25) is 0 Å². The van der Waals surface area contributed by atoms with Gasteiger partial charge in [-0.15, -0.1) is 0 Å². The lowest BCUT2D eigenvalue weighted by Crippen LogP contribution is -2.37. The number of fused-ring (bicyclic) bond motifs is 1. The minimum absolute atomic E-state index is 0.0206. The number of nitrogens with zero attached hydrogens (tertiary/aromatic N) is 1. The standard InChI is InChI=1S/C12H16ClN2O/c1-15(2,16)6-5-9-8-14-12-4-3-10(13)7-11(9)12/h3-4,7-8,14,16H,5-6H2,1-2H3/q+1. The van der Waals surface area contributed by atoms with Crippen molar-refractivity contribution in [1.82, 2.24) is 4.98 Å². The average Bonchev–Trinajstić information content (AvgIpc) is 2.56. The summed E-state index contributed by atoms with van der Waals surface area (Å²) in [5, 5.41) is 11.5. The molecule has 0 saturated heterocycles. The summed E-state index contributed by atoms with van der Waals surface area (Å²) in [6.07, 6.45) is 2.81. The highest BCUT2D eigenvalue weighted by atomic mass is 35.5. The lowest BCUT2D eigenvalue weighted by Gasteiger charge is -2.18. The van der Waals surface area contributed by atoms with E-state index in [0.29, 0.717) is 6.54 Å². The minimum Gasteiger partial charge on any atom is -0.361 e. The Hall–Kier alpha value is -1.03. The van der Waals surface area contributed by atoms with Crippen LogP contribution >= 0.6 is 11.6 Å². The zero-order chi connectivity index (χ0) is 11.8. The molecule has 0 radical (unpaired) electrons. The van der Waals surface area contributed by atoms with E-state index in [9.17, 15) is 5.21 Å². The Morgan fingerprint density at radius 2 is 2.12 bits per heavy atom. The van der Waals surface area contributed by atoms with Gasteiger partial charge in [-0.1, -0.05) is 11.6 Å². The molecule has 0 saturated carbocycles. The number of aromatic nitrogens is 1. The minimum atomic E-state index is -0.0206. The lowest BCUT2D eigenvalue weighted by atomic mass is 10.1. The number of hydroxylamine groups is 3. The molecule has 1 aromatic carbocycles. The Labute approximate surface area is 99.8 Å². The number of hydrogen-bond acceptors (Lipinski definition) is 1. The molecule has 2 N–H and O–H groups in total. The first-order chi connectivity index (χ1) is 7.46. The van der Waals surface area contributed by atoms with Crippen molar-refractivity contribution >= 4 is 22.5 Å². The van der Waals surface area contributed by atoms with Crippen LogP contribution in [0.25, 0.3) is 10.9 Å². The third-order valence-electron chi connectivity index (χ3n) is 2.66. The second kappa shape index (κ2) is 4.09. The molecular formula is C12H16ClN2O+. The van der Waals surface area contributed by atoms with E-state index in [1.165, 1.54) is 5.56 Å². The van der Waals surface area contributed by atoms with Crippen LogP contribution < -0.4 is 0 Å². The van der Waals surface area contributed by atoms with Gasteiger partial charge in [0.05, 0.1) is 14.1 Å². The largest absolute Gasteiger partial charge is 0.361 e. The Morgan fingerprint density at radius 1 is 1.38 bits per heavy atom. The van der Waals surface area contributed by atoms with Crippen molar-refractivity contribution in [2.75, 3.05) is 20.6 Å². The first-order valence-electron chi connectivity index (χ1n) is 5.27.